The number of hydrogen-bond acceptors (Lipinski definition) is 4. The summed E-state index contributed by atoms with van der Waals surface area (Å²) < 4.78 is 7.11. The lowest BCUT2D eigenvalue weighted by Gasteiger charge is -2.14. The van der Waals surface area contributed by atoms with E-state index in [9.17, 15) is 4.79 Å². The van der Waals surface area contributed by atoms with E-state index in [0.29, 0.717) is 6.42 Å². The number of nitrogens with two attached hydrogens (primary N) is 1. The fourth-order valence-corrected chi connectivity index (χ4v) is 3.82. The molecule has 4 rings (SSSR count). The number of Topliss-reactive ketones (excluding diaryl/α,β-unsaturated/α-hetero) is 1. The van der Waals surface area contributed by atoms with Gasteiger partial charge in [-0.25, -0.2) is 0 Å². The van der Waals surface area contributed by atoms with Crippen LogP contribution in [0.2, 0.25) is 0 Å². The van der Waals surface area contributed by atoms with Crippen molar-refractivity contribution in [3.8, 4) is 5.75 Å². The van der Waals surface area contributed by atoms with Crippen LogP contribution in [0.5, 0.6) is 5.75 Å². The largest absolute Gasteiger partial charge is 0.485 e. The molecule has 0 spiro atoms. The van der Waals surface area contributed by atoms with Crippen LogP contribution in [0.3, 0.4) is 0 Å². The van der Waals surface area contributed by atoms with Gasteiger partial charge in [0.05, 0.1) is 11.3 Å². The molecule has 0 fully saturated rings. The minimum Gasteiger partial charge on any atom is -0.485 e. The molecule has 1 heterocycles. The van der Waals surface area contributed by atoms with Gasteiger partial charge in [0, 0.05) is 15.8 Å². The first kappa shape index (κ1) is 14.0. The molecule has 5 heteroatoms. The summed E-state index contributed by atoms with van der Waals surface area (Å²) in [4.78, 5) is 12.8. The van der Waals surface area contributed by atoms with Gasteiger partial charge in [-0.05, 0) is 29.7 Å². The van der Waals surface area contributed by atoms with Crippen LogP contribution in [0.25, 0.3) is 10.1 Å². The van der Waals surface area contributed by atoms with Gasteiger partial charge < -0.3 is 10.5 Å². The maximum atomic E-state index is 12.0. The van der Waals surface area contributed by atoms with Gasteiger partial charge >= 0.3 is 0 Å². The lowest BCUT2D eigenvalue weighted by atomic mass is 10.1. The average molecular weight is 322 g/mol. The van der Waals surface area contributed by atoms with Crippen LogP contribution in [0.15, 0.2) is 48.5 Å². The Balaban J connectivity index is 1.66. The monoisotopic (exact) mass is 322 g/mol. The van der Waals surface area contributed by atoms with Gasteiger partial charge in [0.15, 0.2) is 5.78 Å². The molecule has 0 saturated heterocycles. The molecule has 0 bridgehead atoms. The summed E-state index contributed by atoms with van der Waals surface area (Å²) in [6.07, 6.45) is 0.141. The van der Waals surface area contributed by atoms with Crippen molar-refractivity contribution in [3.05, 3.63) is 64.5 Å². The molecule has 1 aliphatic carbocycles. The summed E-state index contributed by atoms with van der Waals surface area (Å²) in [5.74, 6) is 0.921. The molecule has 1 aliphatic rings. The number of carbonyl (C=O) groups is 1. The molecular weight excluding hydrogens is 308 g/mol. The summed E-state index contributed by atoms with van der Waals surface area (Å²) in [5.41, 5.74) is 7.25. The molecule has 2 aromatic carbocycles. The second-order valence-electron chi connectivity index (χ2n) is 5.55. The predicted molar refractivity (Wildman–Crippen MR) is 91.6 cm³/mol. The first-order valence-electron chi connectivity index (χ1n) is 7.28. The van der Waals surface area contributed by atoms with Crippen LogP contribution in [-0.4, -0.2) is 11.6 Å². The highest BCUT2D eigenvalue weighted by molar-refractivity contribution is 7.20. The number of amidine groups is 1. The Morgan fingerprint density at radius 2 is 2.04 bits per heavy atom. The summed E-state index contributed by atoms with van der Waals surface area (Å²) in [7, 11) is 0. The van der Waals surface area contributed by atoms with Crippen LogP contribution in [0, 0.1) is 5.41 Å². The maximum Gasteiger partial charge on any atom is 0.167 e. The Kier molecular flexibility index (Phi) is 3.16. The number of ketones is 1. The zero-order chi connectivity index (χ0) is 16.0. The quantitative estimate of drug-likeness (QED) is 0.567. The summed E-state index contributed by atoms with van der Waals surface area (Å²) in [5, 5.41) is 8.52. The molecule has 0 aliphatic heterocycles. The van der Waals surface area contributed by atoms with E-state index < -0.39 is 0 Å². The van der Waals surface area contributed by atoms with E-state index in [1.54, 1.807) is 0 Å². The van der Waals surface area contributed by atoms with Gasteiger partial charge in [-0.1, -0.05) is 24.3 Å². The van der Waals surface area contributed by atoms with Crippen molar-refractivity contribution in [1.29, 1.82) is 5.41 Å². The highest BCUT2D eigenvalue weighted by atomic mass is 32.1. The molecule has 3 N–H and O–H groups in total. The summed E-state index contributed by atoms with van der Waals surface area (Å²) in [6.45, 7) is 0. The van der Waals surface area contributed by atoms with E-state index in [1.807, 2.05) is 48.5 Å². The molecule has 3 aromatic rings. The zero-order valence-corrected chi connectivity index (χ0v) is 13.0. The number of rotatable bonds is 3. The highest BCUT2D eigenvalue weighted by Gasteiger charge is 2.30. The van der Waals surface area contributed by atoms with Crippen molar-refractivity contribution >= 4 is 33.0 Å². The minimum absolute atomic E-state index is 0.0731. The Labute approximate surface area is 137 Å². The molecule has 1 unspecified atom stereocenters. The SMILES string of the molecule is N=C(N)c1cc2cc(OC3CC(=O)c4ccccc43)ccc2s1. The number of ether oxygens (including phenoxy) is 1. The topological polar surface area (TPSA) is 76.2 Å². The zero-order valence-electron chi connectivity index (χ0n) is 12.2. The van der Waals surface area contributed by atoms with Gasteiger partial charge in [-0.3, -0.25) is 10.2 Å². The van der Waals surface area contributed by atoms with E-state index in [0.717, 1.165) is 31.8 Å². The molecule has 0 amide bonds. The Morgan fingerprint density at radius 3 is 2.87 bits per heavy atom. The van der Waals surface area contributed by atoms with Crippen molar-refractivity contribution in [1.82, 2.24) is 0 Å². The maximum absolute atomic E-state index is 12.0. The normalized spacial score (nSPS) is 16.5. The van der Waals surface area contributed by atoms with Crippen molar-refractivity contribution in [2.45, 2.75) is 12.5 Å². The summed E-state index contributed by atoms with van der Waals surface area (Å²) >= 11 is 1.49. The molecule has 0 saturated carbocycles. The standard InChI is InChI=1S/C18H14N2O2S/c19-18(20)17-8-10-7-11(5-6-16(10)23-17)22-15-9-14(21)12-3-1-2-4-13(12)15/h1-8,15H,9H2,(H3,19,20). The third kappa shape index (κ3) is 2.39. The van der Waals surface area contributed by atoms with E-state index in [4.69, 9.17) is 15.9 Å². The van der Waals surface area contributed by atoms with Gasteiger partial charge in [0.25, 0.3) is 0 Å². The van der Waals surface area contributed by atoms with Crippen molar-refractivity contribution in [3.63, 3.8) is 0 Å². The molecule has 4 nitrogen and oxygen atoms in total. The van der Waals surface area contributed by atoms with Crippen LogP contribution < -0.4 is 10.5 Å². The number of fused-ring (bicyclic) bond motifs is 2. The number of carbonyl (C=O) groups excluding carboxylic acids is 1. The van der Waals surface area contributed by atoms with Crippen LogP contribution >= 0.6 is 11.3 Å². The van der Waals surface area contributed by atoms with Crippen molar-refractivity contribution in [2.24, 2.45) is 5.73 Å². The van der Waals surface area contributed by atoms with E-state index in [2.05, 4.69) is 0 Å². The average Bonchev–Trinajstić information content (AvgIpc) is 3.10. The van der Waals surface area contributed by atoms with Gasteiger partial charge in [0.2, 0.25) is 0 Å². The molecule has 1 aromatic heterocycles. The highest BCUT2D eigenvalue weighted by Crippen LogP contribution is 2.36. The first-order chi connectivity index (χ1) is 11.1. The number of thiophene rings is 1. The third-order valence-corrected chi connectivity index (χ3v) is 5.16. The predicted octanol–water partition coefficient (Wildman–Crippen LogP) is 3.89. The second kappa shape index (κ2) is 5.21. The minimum atomic E-state index is -0.234. The van der Waals surface area contributed by atoms with Crippen molar-refractivity contribution < 1.29 is 9.53 Å². The van der Waals surface area contributed by atoms with Gasteiger partial charge in [-0.15, -0.1) is 11.3 Å². The number of hydrogen-bond donors (Lipinski definition) is 2. The fraction of sp³-hybridized carbons (Fsp3) is 0.111. The molecule has 23 heavy (non-hydrogen) atoms. The first-order valence-corrected chi connectivity index (χ1v) is 8.10. The van der Waals surface area contributed by atoms with Gasteiger partial charge in [0.1, 0.15) is 17.7 Å². The molecular formula is C18H14N2O2S. The van der Waals surface area contributed by atoms with Crippen LogP contribution in [0.4, 0.5) is 0 Å². The molecule has 0 radical (unpaired) electrons. The lowest BCUT2D eigenvalue weighted by molar-refractivity contribution is 0.0947. The Bertz CT molecular complexity index is 945. The van der Waals surface area contributed by atoms with E-state index >= 15 is 0 Å². The van der Waals surface area contributed by atoms with Gasteiger partial charge in [-0.2, -0.15) is 0 Å². The third-order valence-electron chi connectivity index (χ3n) is 4.01. The van der Waals surface area contributed by atoms with Crippen molar-refractivity contribution in [2.75, 3.05) is 0 Å². The van der Waals surface area contributed by atoms with E-state index in [1.165, 1.54) is 11.3 Å². The number of benzene rings is 2. The second-order valence-corrected chi connectivity index (χ2v) is 6.63. The fourth-order valence-electron chi connectivity index (χ4n) is 2.92. The Hall–Kier alpha value is -2.66. The molecule has 114 valence electrons. The lowest BCUT2D eigenvalue weighted by Crippen LogP contribution is -2.08. The number of nitrogens with one attached hydrogen (secondary N) is 1. The smallest absolute Gasteiger partial charge is 0.167 e. The number of nitrogen functional groups attached to an aromatic ring is 1. The molecule has 1 atom stereocenters. The Morgan fingerprint density at radius 1 is 1.22 bits per heavy atom. The summed E-state index contributed by atoms with van der Waals surface area (Å²) in [6, 6.07) is 15.3. The van der Waals surface area contributed by atoms with Crippen LogP contribution in [-0.2, 0) is 0 Å². The van der Waals surface area contributed by atoms with Crippen LogP contribution in [0.1, 0.15) is 33.3 Å². The van der Waals surface area contributed by atoms with E-state index in [-0.39, 0.29) is 17.7 Å².